The number of aryl methyl sites for hydroxylation is 1. The van der Waals surface area contributed by atoms with Crippen molar-refractivity contribution in [1.82, 2.24) is 4.98 Å². The number of esters is 1. The maximum Gasteiger partial charge on any atom is 0.355 e. The van der Waals surface area contributed by atoms with Crippen molar-refractivity contribution in [2.45, 2.75) is 33.8 Å². The summed E-state index contributed by atoms with van der Waals surface area (Å²) >= 11 is 5.79. The first-order chi connectivity index (χ1) is 11.7. The fraction of sp³-hybridized carbons (Fsp3) is 0.278. The highest BCUT2D eigenvalue weighted by Crippen LogP contribution is 2.20. The molecule has 0 bridgehead atoms. The van der Waals surface area contributed by atoms with Crippen LogP contribution < -0.4 is 5.32 Å². The third-order valence-electron chi connectivity index (χ3n) is 3.76. The van der Waals surface area contributed by atoms with Crippen molar-refractivity contribution in [3.8, 4) is 0 Å². The average Bonchev–Trinajstić information content (AvgIpc) is 2.84. The number of aromatic amines is 1. The quantitative estimate of drug-likeness (QED) is 0.627. The molecule has 1 aromatic carbocycles. The van der Waals surface area contributed by atoms with Gasteiger partial charge in [-0.15, -0.1) is 0 Å². The van der Waals surface area contributed by atoms with E-state index in [9.17, 15) is 14.4 Å². The Balaban J connectivity index is 2.07. The van der Waals surface area contributed by atoms with Crippen molar-refractivity contribution < 1.29 is 19.1 Å². The molecule has 2 aromatic rings. The van der Waals surface area contributed by atoms with Gasteiger partial charge in [-0.25, -0.2) is 4.79 Å². The lowest BCUT2D eigenvalue weighted by molar-refractivity contribution is -0.123. The second kappa shape index (κ2) is 7.53. The molecule has 0 radical (unpaired) electrons. The summed E-state index contributed by atoms with van der Waals surface area (Å²) in [5.41, 5.74) is 2.29. The Hall–Kier alpha value is -2.60. The zero-order valence-corrected chi connectivity index (χ0v) is 15.2. The Kier molecular flexibility index (Phi) is 5.64. The van der Waals surface area contributed by atoms with E-state index in [1.54, 1.807) is 38.1 Å². The van der Waals surface area contributed by atoms with E-state index in [0.29, 0.717) is 27.5 Å². The smallest absolute Gasteiger partial charge is 0.355 e. The van der Waals surface area contributed by atoms with Crippen LogP contribution in [0.15, 0.2) is 24.3 Å². The van der Waals surface area contributed by atoms with Crippen LogP contribution in [0, 0.1) is 13.8 Å². The van der Waals surface area contributed by atoms with Crippen molar-refractivity contribution in [3.05, 3.63) is 51.8 Å². The molecule has 0 spiro atoms. The van der Waals surface area contributed by atoms with Gasteiger partial charge in [0.1, 0.15) is 5.69 Å². The number of hydrogen-bond acceptors (Lipinski definition) is 4. The normalized spacial score (nSPS) is 11.7. The van der Waals surface area contributed by atoms with Crippen LogP contribution in [0.25, 0.3) is 0 Å². The molecule has 0 saturated heterocycles. The number of ketones is 1. The Morgan fingerprint density at radius 3 is 2.28 bits per heavy atom. The molecule has 0 aliphatic heterocycles. The summed E-state index contributed by atoms with van der Waals surface area (Å²) in [6, 6.07) is 6.57. The van der Waals surface area contributed by atoms with Crippen LogP contribution in [0.4, 0.5) is 5.69 Å². The number of aromatic nitrogens is 1. The number of anilines is 1. The third kappa shape index (κ3) is 4.28. The highest BCUT2D eigenvalue weighted by molar-refractivity contribution is 6.30. The van der Waals surface area contributed by atoms with E-state index < -0.39 is 18.0 Å². The summed E-state index contributed by atoms with van der Waals surface area (Å²) in [5.74, 6) is -1.30. The molecule has 0 aliphatic carbocycles. The second-order valence-corrected chi connectivity index (χ2v) is 6.16. The summed E-state index contributed by atoms with van der Waals surface area (Å²) in [6.07, 6.45) is -1.01. The predicted molar refractivity (Wildman–Crippen MR) is 95.2 cm³/mol. The summed E-state index contributed by atoms with van der Waals surface area (Å²) in [6.45, 7) is 6.27. The van der Waals surface area contributed by atoms with Gasteiger partial charge in [-0.1, -0.05) is 11.6 Å². The number of carbonyl (C=O) groups is 3. The molecule has 0 saturated carbocycles. The number of H-pyrrole nitrogens is 1. The number of nitrogens with one attached hydrogen (secondary N) is 2. The van der Waals surface area contributed by atoms with Crippen molar-refractivity contribution in [3.63, 3.8) is 0 Å². The van der Waals surface area contributed by atoms with Crippen LogP contribution in [-0.2, 0) is 9.53 Å². The van der Waals surface area contributed by atoms with Crippen LogP contribution in [0.2, 0.25) is 5.02 Å². The van der Waals surface area contributed by atoms with Crippen LogP contribution in [0.5, 0.6) is 0 Å². The van der Waals surface area contributed by atoms with Crippen LogP contribution in [0.1, 0.15) is 46.0 Å². The van der Waals surface area contributed by atoms with Gasteiger partial charge < -0.3 is 15.0 Å². The Morgan fingerprint density at radius 2 is 1.76 bits per heavy atom. The monoisotopic (exact) mass is 362 g/mol. The first-order valence-electron chi connectivity index (χ1n) is 7.68. The molecular formula is C18H19ClN2O4. The number of rotatable bonds is 5. The van der Waals surface area contributed by atoms with Gasteiger partial charge in [0.15, 0.2) is 11.9 Å². The van der Waals surface area contributed by atoms with Crippen molar-refractivity contribution in [1.29, 1.82) is 0 Å². The fourth-order valence-corrected chi connectivity index (χ4v) is 2.66. The lowest BCUT2D eigenvalue weighted by Gasteiger charge is -2.13. The van der Waals surface area contributed by atoms with Crippen molar-refractivity contribution in [2.75, 3.05) is 5.32 Å². The SMILES string of the molecule is CC(=O)c1c(C)[nH]c(C(=O)O[C@@H](C)C(=O)Nc2ccc(Cl)cc2)c1C. The van der Waals surface area contributed by atoms with Gasteiger partial charge in [0.25, 0.3) is 5.91 Å². The third-order valence-corrected chi connectivity index (χ3v) is 4.01. The number of halogens is 1. The number of amides is 1. The van der Waals surface area contributed by atoms with Gasteiger partial charge in [-0.3, -0.25) is 9.59 Å². The maximum absolute atomic E-state index is 12.3. The van der Waals surface area contributed by atoms with Gasteiger partial charge in [0, 0.05) is 22.0 Å². The molecule has 132 valence electrons. The van der Waals surface area contributed by atoms with Gasteiger partial charge in [-0.2, -0.15) is 0 Å². The fourth-order valence-electron chi connectivity index (χ4n) is 2.53. The zero-order chi connectivity index (χ0) is 18.7. The molecule has 1 heterocycles. The van der Waals surface area contributed by atoms with Crippen molar-refractivity contribution in [2.24, 2.45) is 0 Å². The number of Topliss-reactive ketones (excluding diaryl/α,β-unsaturated/α-hetero) is 1. The van der Waals surface area contributed by atoms with E-state index in [-0.39, 0.29) is 11.5 Å². The Morgan fingerprint density at radius 1 is 1.16 bits per heavy atom. The molecule has 25 heavy (non-hydrogen) atoms. The van der Waals surface area contributed by atoms with Gasteiger partial charge in [-0.05, 0) is 57.5 Å². The van der Waals surface area contributed by atoms with Crippen LogP contribution in [-0.4, -0.2) is 28.7 Å². The number of benzene rings is 1. The molecule has 1 aromatic heterocycles. The topological polar surface area (TPSA) is 88.3 Å². The van der Waals surface area contributed by atoms with E-state index in [1.165, 1.54) is 13.8 Å². The van der Waals surface area contributed by atoms with Gasteiger partial charge >= 0.3 is 5.97 Å². The first kappa shape index (κ1) is 18.7. The Bertz CT molecular complexity index is 824. The summed E-state index contributed by atoms with van der Waals surface area (Å²) < 4.78 is 5.20. The van der Waals surface area contributed by atoms with Gasteiger partial charge in [0.05, 0.1) is 0 Å². The summed E-state index contributed by atoms with van der Waals surface area (Å²) in [5, 5.41) is 3.19. The molecular weight excluding hydrogens is 344 g/mol. The minimum absolute atomic E-state index is 0.140. The minimum Gasteiger partial charge on any atom is -0.448 e. The van der Waals surface area contributed by atoms with Crippen LogP contribution >= 0.6 is 11.6 Å². The molecule has 0 fully saturated rings. The van der Waals surface area contributed by atoms with Crippen molar-refractivity contribution >= 4 is 34.9 Å². The van der Waals surface area contributed by atoms with Crippen LogP contribution in [0.3, 0.4) is 0 Å². The number of carbonyl (C=O) groups excluding carboxylic acids is 3. The lowest BCUT2D eigenvalue weighted by atomic mass is 10.1. The Labute approximate surface area is 150 Å². The second-order valence-electron chi connectivity index (χ2n) is 5.72. The number of hydrogen-bond donors (Lipinski definition) is 2. The van der Waals surface area contributed by atoms with E-state index in [0.717, 1.165) is 0 Å². The molecule has 0 aliphatic rings. The zero-order valence-electron chi connectivity index (χ0n) is 14.4. The summed E-state index contributed by atoms with van der Waals surface area (Å²) in [4.78, 5) is 38.9. The van der Waals surface area contributed by atoms with E-state index in [1.807, 2.05) is 0 Å². The number of ether oxygens (including phenoxy) is 1. The highest BCUT2D eigenvalue weighted by Gasteiger charge is 2.24. The van der Waals surface area contributed by atoms with E-state index in [4.69, 9.17) is 16.3 Å². The van der Waals surface area contributed by atoms with E-state index >= 15 is 0 Å². The molecule has 2 rings (SSSR count). The maximum atomic E-state index is 12.3. The average molecular weight is 363 g/mol. The molecule has 7 heteroatoms. The molecule has 2 N–H and O–H groups in total. The largest absolute Gasteiger partial charge is 0.448 e. The van der Waals surface area contributed by atoms with Gasteiger partial charge in [0.2, 0.25) is 0 Å². The molecule has 1 atom stereocenters. The highest BCUT2D eigenvalue weighted by atomic mass is 35.5. The molecule has 0 unspecified atom stereocenters. The standard InChI is InChI=1S/C18H19ClN2O4/c1-9-15(11(3)22)10(2)20-16(9)18(24)25-12(4)17(23)21-14-7-5-13(19)6-8-14/h5-8,12,20H,1-4H3,(H,21,23)/t12-/m0/s1. The first-order valence-corrected chi connectivity index (χ1v) is 8.06. The minimum atomic E-state index is -1.01. The molecule has 6 nitrogen and oxygen atoms in total. The lowest BCUT2D eigenvalue weighted by Crippen LogP contribution is -2.30. The summed E-state index contributed by atoms with van der Waals surface area (Å²) in [7, 11) is 0. The molecule has 1 amide bonds. The predicted octanol–water partition coefficient (Wildman–Crippen LogP) is 3.67. The van der Waals surface area contributed by atoms with E-state index in [2.05, 4.69) is 10.3 Å².